The number of rotatable bonds is 5. The lowest BCUT2D eigenvalue weighted by molar-refractivity contribution is 0.669. The SMILES string of the molecule is c1ccc(-c2nc(-c3ccccc3)nc(-c3cccc4oc5cc(-c6ccc(-c7ccccc7)c7sc8ccccc8c67)ccc5c34)n2)cc1. The zero-order valence-corrected chi connectivity index (χ0v) is 27.6. The van der Waals surface area contributed by atoms with Crippen LogP contribution in [-0.2, 0) is 0 Å². The van der Waals surface area contributed by atoms with E-state index in [1.54, 1.807) is 0 Å². The molecule has 0 spiro atoms. The predicted molar refractivity (Wildman–Crippen MR) is 207 cm³/mol. The van der Waals surface area contributed by atoms with Crippen molar-refractivity contribution >= 4 is 53.4 Å². The topological polar surface area (TPSA) is 51.8 Å². The predicted octanol–water partition coefficient (Wildman–Crippen LogP) is 12.5. The Labute approximate surface area is 292 Å². The highest BCUT2D eigenvalue weighted by molar-refractivity contribution is 7.26. The minimum absolute atomic E-state index is 0.609. The lowest BCUT2D eigenvalue weighted by atomic mass is 9.94. The van der Waals surface area contributed by atoms with Gasteiger partial charge in [0.05, 0.1) is 0 Å². The zero-order chi connectivity index (χ0) is 33.0. The Balaban J connectivity index is 1.16. The Morgan fingerprint density at radius 1 is 0.380 bits per heavy atom. The molecule has 0 saturated heterocycles. The third kappa shape index (κ3) is 4.71. The Hall–Kier alpha value is -6.43. The van der Waals surface area contributed by atoms with E-state index in [2.05, 4.69) is 91.0 Å². The van der Waals surface area contributed by atoms with Gasteiger partial charge in [-0.2, -0.15) is 0 Å². The van der Waals surface area contributed by atoms with E-state index in [0.717, 1.165) is 44.2 Å². The maximum absolute atomic E-state index is 6.61. The van der Waals surface area contributed by atoms with Crippen LogP contribution in [0.25, 0.3) is 98.5 Å². The summed E-state index contributed by atoms with van der Waals surface area (Å²) < 4.78 is 9.19. The highest BCUT2D eigenvalue weighted by atomic mass is 32.1. The Bertz CT molecular complexity index is 2800. The second-order valence-corrected chi connectivity index (χ2v) is 13.4. The first-order valence-electron chi connectivity index (χ1n) is 16.6. The van der Waals surface area contributed by atoms with Gasteiger partial charge >= 0.3 is 0 Å². The summed E-state index contributed by atoms with van der Waals surface area (Å²) in [5.74, 6) is 1.87. The van der Waals surface area contributed by atoms with E-state index >= 15 is 0 Å². The van der Waals surface area contributed by atoms with Crippen molar-refractivity contribution in [1.82, 2.24) is 15.0 Å². The van der Waals surface area contributed by atoms with Crippen LogP contribution >= 0.6 is 11.3 Å². The van der Waals surface area contributed by atoms with E-state index in [1.807, 2.05) is 84.1 Å². The molecule has 0 unspecified atom stereocenters. The van der Waals surface area contributed by atoms with Gasteiger partial charge in [0, 0.05) is 47.6 Å². The van der Waals surface area contributed by atoms with Crippen molar-refractivity contribution in [3.63, 3.8) is 0 Å². The third-order valence-corrected chi connectivity index (χ3v) is 10.6. The fourth-order valence-corrected chi connectivity index (χ4v) is 8.29. The van der Waals surface area contributed by atoms with Crippen LogP contribution in [0, 0.1) is 0 Å². The third-order valence-electron chi connectivity index (χ3n) is 9.36. The molecule has 0 saturated carbocycles. The first-order chi connectivity index (χ1) is 24.8. The molecule has 0 amide bonds. The maximum Gasteiger partial charge on any atom is 0.164 e. The van der Waals surface area contributed by atoms with Crippen molar-refractivity contribution in [3.05, 3.63) is 164 Å². The van der Waals surface area contributed by atoms with Gasteiger partial charge in [-0.1, -0.05) is 140 Å². The number of benzene rings is 7. The second kappa shape index (κ2) is 11.6. The van der Waals surface area contributed by atoms with Gasteiger partial charge in [-0.25, -0.2) is 15.0 Å². The van der Waals surface area contributed by atoms with Gasteiger partial charge in [-0.05, 0) is 46.5 Å². The molecule has 0 fully saturated rings. The molecule has 0 N–H and O–H groups in total. The number of furan rings is 1. The molecule has 3 aromatic heterocycles. The Morgan fingerprint density at radius 2 is 1.00 bits per heavy atom. The molecule has 0 radical (unpaired) electrons. The molecule has 0 atom stereocenters. The van der Waals surface area contributed by atoms with Gasteiger partial charge in [-0.3, -0.25) is 0 Å². The first-order valence-corrected chi connectivity index (χ1v) is 17.4. The molecule has 10 rings (SSSR count). The smallest absolute Gasteiger partial charge is 0.164 e. The van der Waals surface area contributed by atoms with E-state index in [1.165, 1.54) is 36.9 Å². The highest BCUT2D eigenvalue weighted by Gasteiger charge is 2.20. The number of fused-ring (bicyclic) bond motifs is 6. The van der Waals surface area contributed by atoms with Crippen LogP contribution in [0.1, 0.15) is 0 Å². The summed E-state index contributed by atoms with van der Waals surface area (Å²) in [6, 6.07) is 56.7. The van der Waals surface area contributed by atoms with Crippen LogP contribution in [0.2, 0.25) is 0 Å². The van der Waals surface area contributed by atoms with E-state index < -0.39 is 0 Å². The van der Waals surface area contributed by atoms with Crippen molar-refractivity contribution in [3.8, 4) is 56.4 Å². The van der Waals surface area contributed by atoms with Crippen LogP contribution in [0.3, 0.4) is 0 Å². The van der Waals surface area contributed by atoms with E-state index in [9.17, 15) is 0 Å². The molecule has 5 heteroatoms. The molecular weight excluding hydrogens is 631 g/mol. The van der Waals surface area contributed by atoms with Gasteiger partial charge in [0.25, 0.3) is 0 Å². The van der Waals surface area contributed by atoms with E-state index in [0.29, 0.717) is 17.5 Å². The fourth-order valence-electron chi connectivity index (χ4n) is 7.02. The summed E-state index contributed by atoms with van der Waals surface area (Å²) >= 11 is 1.86. The number of thiophene rings is 1. The largest absolute Gasteiger partial charge is 0.456 e. The summed E-state index contributed by atoms with van der Waals surface area (Å²) in [5.41, 5.74) is 9.18. The van der Waals surface area contributed by atoms with Crippen molar-refractivity contribution in [2.75, 3.05) is 0 Å². The van der Waals surface area contributed by atoms with Crippen LogP contribution < -0.4 is 0 Å². The van der Waals surface area contributed by atoms with Gasteiger partial charge in [0.1, 0.15) is 11.2 Å². The van der Waals surface area contributed by atoms with Crippen molar-refractivity contribution in [2.24, 2.45) is 0 Å². The number of hydrogen-bond acceptors (Lipinski definition) is 5. The first kappa shape index (κ1) is 28.6. The van der Waals surface area contributed by atoms with Crippen molar-refractivity contribution in [1.29, 1.82) is 0 Å². The molecule has 0 bridgehead atoms. The molecule has 0 aliphatic carbocycles. The van der Waals surface area contributed by atoms with Crippen LogP contribution in [-0.4, -0.2) is 15.0 Å². The summed E-state index contributed by atoms with van der Waals surface area (Å²) in [4.78, 5) is 15.0. The lowest BCUT2D eigenvalue weighted by Gasteiger charge is -2.10. The molecule has 50 heavy (non-hydrogen) atoms. The van der Waals surface area contributed by atoms with Gasteiger partial charge in [0.2, 0.25) is 0 Å². The van der Waals surface area contributed by atoms with Crippen LogP contribution in [0.15, 0.2) is 168 Å². The number of aromatic nitrogens is 3. The molecule has 234 valence electrons. The molecule has 0 aliphatic heterocycles. The molecule has 10 aromatic rings. The van der Waals surface area contributed by atoms with Crippen molar-refractivity contribution < 1.29 is 4.42 Å². The van der Waals surface area contributed by atoms with Gasteiger partial charge in [-0.15, -0.1) is 11.3 Å². The molecule has 4 nitrogen and oxygen atoms in total. The quantitative estimate of drug-likeness (QED) is 0.185. The van der Waals surface area contributed by atoms with Crippen LogP contribution in [0.5, 0.6) is 0 Å². The van der Waals surface area contributed by atoms with Gasteiger partial charge < -0.3 is 4.42 Å². The average molecular weight is 658 g/mol. The summed E-state index contributed by atoms with van der Waals surface area (Å²) in [6.45, 7) is 0. The zero-order valence-electron chi connectivity index (χ0n) is 26.7. The number of nitrogens with zero attached hydrogens (tertiary/aromatic N) is 3. The highest BCUT2D eigenvalue weighted by Crippen LogP contribution is 2.46. The Kier molecular flexibility index (Phi) is 6.64. The maximum atomic E-state index is 6.61. The second-order valence-electron chi connectivity index (χ2n) is 12.4. The van der Waals surface area contributed by atoms with E-state index in [-0.39, 0.29) is 0 Å². The summed E-state index contributed by atoms with van der Waals surface area (Å²) in [5, 5.41) is 4.55. The van der Waals surface area contributed by atoms with Crippen LogP contribution in [0.4, 0.5) is 0 Å². The standard InChI is InChI=1S/C45H27N3OS/c1-4-13-28(14-5-1)33-26-25-32(41-35-19-10-11-22-39(35)50-42(33)41)31-23-24-34-38(27-31)49-37-21-12-20-36(40(34)37)45-47-43(29-15-6-2-7-16-29)46-44(48-45)30-17-8-3-9-18-30/h1-27H. The molecule has 3 heterocycles. The van der Waals surface area contributed by atoms with Crippen molar-refractivity contribution in [2.45, 2.75) is 0 Å². The Morgan fingerprint density at radius 3 is 1.72 bits per heavy atom. The minimum atomic E-state index is 0.609. The van der Waals surface area contributed by atoms with E-state index in [4.69, 9.17) is 19.4 Å². The molecule has 7 aromatic carbocycles. The summed E-state index contributed by atoms with van der Waals surface area (Å²) in [6.07, 6.45) is 0. The lowest BCUT2D eigenvalue weighted by Crippen LogP contribution is -2.00. The fraction of sp³-hybridized carbons (Fsp3) is 0. The normalized spacial score (nSPS) is 11.6. The average Bonchev–Trinajstić information content (AvgIpc) is 3.77. The molecular formula is C45H27N3OS. The monoisotopic (exact) mass is 657 g/mol. The minimum Gasteiger partial charge on any atom is -0.456 e. The number of hydrogen-bond donors (Lipinski definition) is 0. The molecule has 0 aliphatic rings. The van der Waals surface area contributed by atoms with Gasteiger partial charge in [0.15, 0.2) is 17.5 Å². The summed E-state index contributed by atoms with van der Waals surface area (Å²) in [7, 11) is 0.